The third kappa shape index (κ3) is 2.85. The summed E-state index contributed by atoms with van der Waals surface area (Å²) in [4.78, 5) is 13.4. The van der Waals surface area contributed by atoms with Gasteiger partial charge in [0, 0.05) is 19.5 Å². The summed E-state index contributed by atoms with van der Waals surface area (Å²) in [6, 6.07) is 0. The Morgan fingerprint density at radius 2 is 1.77 bits per heavy atom. The van der Waals surface area contributed by atoms with Crippen LogP contribution in [0.25, 0.3) is 0 Å². The Morgan fingerprint density at radius 3 is 2.15 bits per heavy atom. The van der Waals surface area contributed by atoms with Crippen molar-refractivity contribution in [3.8, 4) is 0 Å². The highest BCUT2D eigenvalue weighted by Gasteiger charge is 2.35. The number of halogens is 1. The first-order valence-corrected chi connectivity index (χ1v) is 4.49. The highest BCUT2D eigenvalue weighted by Crippen LogP contribution is 2.29. The van der Waals surface area contributed by atoms with Crippen LogP contribution in [0.1, 0.15) is 19.8 Å². The zero-order valence-corrected chi connectivity index (χ0v) is 9.41. The van der Waals surface area contributed by atoms with Crippen molar-refractivity contribution in [1.29, 1.82) is 0 Å². The van der Waals surface area contributed by atoms with E-state index in [4.69, 9.17) is 0 Å². The standard InChI is InChI=1S/C9H18N2O.ClH/c1-9(8(12)11(2)3)4-6-10-7-5-9;/h10H,4-7H2,1-3H3;1H. The van der Waals surface area contributed by atoms with E-state index in [0.717, 1.165) is 25.9 Å². The summed E-state index contributed by atoms with van der Waals surface area (Å²) in [7, 11) is 3.66. The van der Waals surface area contributed by atoms with Crippen molar-refractivity contribution in [2.45, 2.75) is 19.8 Å². The molecule has 0 radical (unpaired) electrons. The Morgan fingerprint density at radius 1 is 1.31 bits per heavy atom. The predicted octanol–water partition coefficient (Wildman–Crippen LogP) is 0.886. The van der Waals surface area contributed by atoms with Crippen LogP contribution in [-0.4, -0.2) is 38.0 Å². The van der Waals surface area contributed by atoms with Gasteiger partial charge in [-0.25, -0.2) is 0 Å². The molecule has 0 aromatic rings. The van der Waals surface area contributed by atoms with E-state index in [0.29, 0.717) is 0 Å². The molecular weight excluding hydrogens is 188 g/mol. The van der Waals surface area contributed by atoms with Crippen molar-refractivity contribution in [3.05, 3.63) is 0 Å². The smallest absolute Gasteiger partial charge is 0.228 e. The van der Waals surface area contributed by atoms with Crippen molar-refractivity contribution in [3.63, 3.8) is 0 Å². The SMILES string of the molecule is CN(C)C(=O)C1(C)CCNCC1.Cl. The second-order valence-corrected chi connectivity index (χ2v) is 4.01. The van der Waals surface area contributed by atoms with Gasteiger partial charge in [0.2, 0.25) is 5.91 Å². The van der Waals surface area contributed by atoms with Gasteiger partial charge in [0.1, 0.15) is 0 Å². The summed E-state index contributed by atoms with van der Waals surface area (Å²) in [5.41, 5.74) is -0.116. The first-order valence-electron chi connectivity index (χ1n) is 4.49. The summed E-state index contributed by atoms with van der Waals surface area (Å²) >= 11 is 0. The van der Waals surface area contributed by atoms with Gasteiger partial charge in [-0.05, 0) is 25.9 Å². The Bertz CT molecular complexity index is 176. The summed E-state index contributed by atoms with van der Waals surface area (Å²) in [6.07, 6.45) is 1.92. The van der Waals surface area contributed by atoms with Crippen LogP contribution in [0, 0.1) is 5.41 Å². The number of piperidine rings is 1. The molecule has 13 heavy (non-hydrogen) atoms. The van der Waals surface area contributed by atoms with E-state index in [9.17, 15) is 4.79 Å². The van der Waals surface area contributed by atoms with Crippen molar-refractivity contribution < 1.29 is 4.79 Å². The number of carbonyl (C=O) groups is 1. The monoisotopic (exact) mass is 206 g/mol. The maximum absolute atomic E-state index is 11.7. The minimum atomic E-state index is -0.116. The van der Waals surface area contributed by atoms with Crippen LogP contribution in [0.4, 0.5) is 0 Å². The van der Waals surface area contributed by atoms with E-state index >= 15 is 0 Å². The molecule has 1 N–H and O–H groups in total. The fourth-order valence-corrected chi connectivity index (χ4v) is 1.73. The molecule has 78 valence electrons. The molecule has 3 nitrogen and oxygen atoms in total. The van der Waals surface area contributed by atoms with Gasteiger partial charge >= 0.3 is 0 Å². The van der Waals surface area contributed by atoms with Gasteiger partial charge in [0.05, 0.1) is 0 Å². The highest BCUT2D eigenvalue weighted by atomic mass is 35.5. The average Bonchev–Trinajstić information content (AvgIpc) is 2.04. The molecule has 4 heteroatoms. The van der Waals surface area contributed by atoms with Crippen molar-refractivity contribution >= 4 is 18.3 Å². The van der Waals surface area contributed by atoms with Gasteiger partial charge < -0.3 is 10.2 Å². The summed E-state index contributed by atoms with van der Waals surface area (Å²) in [6.45, 7) is 4.00. The van der Waals surface area contributed by atoms with Gasteiger partial charge in [0.15, 0.2) is 0 Å². The molecule has 1 fully saturated rings. The molecule has 1 rings (SSSR count). The van der Waals surface area contributed by atoms with Gasteiger partial charge in [-0.15, -0.1) is 12.4 Å². The van der Waals surface area contributed by atoms with Crippen LogP contribution in [-0.2, 0) is 4.79 Å². The van der Waals surface area contributed by atoms with E-state index in [1.54, 1.807) is 4.90 Å². The molecule has 0 aromatic heterocycles. The maximum atomic E-state index is 11.7. The number of nitrogens with zero attached hydrogens (tertiary/aromatic N) is 1. The maximum Gasteiger partial charge on any atom is 0.228 e. The zero-order valence-electron chi connectivity index (χ0n) is 8.59. The first-order chi connectivity index (χ1) is 5.56. The van der Waals surface area contributed by atoms with E-state index < -0.39 is 0 Å². The van der Waals surface area contributed by atoms with Crippen molar-refractivity contribution in [2.24, 2.45) is 5.41 Å². The van der Waals surface area contributed by atoms with Crippen LogP contribution in [0.2, 0.25) is 0 Å². The Balaban J connectivity index is 0.00000144. The van der Waals surface area contributed by atoms with Crippen LogP contribution in [0.5, 0.6) is 0 Å². The fraction of sp³-hybridized carbons (Fsp3) is 0.889. The fourth-order valence-electron chi connectivity index (χ4n) is 1.73. The second kappa shape index (κ2) is 4.82. The number of rotatable bonds is 1. The average molecular weight is 207 g/mol. The van der Waals surface area contributed by atoms with Crippen LogP contribution in [0.15, 0.2) is 0 Å². The summed E-state index contributed by atoms with van der Waals surface area (Å²) < 4.78 is 0. The number of carbonyl (C=O) groups excluding carboxylic acids is 1. The molecule has 1 aliphatic heterocycles. The first kappa shape index (κ1) is 12.7. The molecule has 1 saturated heterocycles. The molecular formula is C9H19ClN2O. The second-order valence-electron chi connectivity index (χ2n) is 4.01. The topological polar surface area (TPSA) is 32.3 Å². The van der Waals surface area contributed by atoms with Gasteiger partial charge in [-0.3, -0.25) is 4.79 Å². The lowest BCUT2D eigenvalue weighted by Gasteiger charge is -2.34. The Labute approximate surface area is 86.3 Å². The molecule has 0 aromatic carbocycles. The van der Waals surface area contributed by atoms with Crippen LogP contribution in [0.3, 0.4) is 0 Å². The largest absolute Gasteiger partial charge is 0.348 e. The summed E-state index contributed by atoms with van der Waals surface area (Å²) in [5.74, 6) is 0.268. The van der Waals surface area contributed by atoms with Crippen molar-refractivity contribution in [1.82, 2.24) is 10.2 Å². The molecule has 0 aliphatic carbocycles. The molecule has 0 bridgehead atoms. The number of hydrogen-bond acceptors (Lipinski definition) is 2. The third-order valence-electron chi connectivity index (χ3n) is 2.63. The van der Waals surface area contributed by atoms with E-state index in [-0.39, 0.29) is 23.7 Å². The van der Waals surface area contributed by atoms with Gasteiger partial charge in [-0.1, -0.05) is 6.92 Å². The summed E-state index contributed by atoms with van der Waals surface area (Å²) in [5, 5.41) is 3.26. The van der Waals surface area contributed by atoms with Crippen LogP contribution >= 0.6 is 12.4 Å². The third-order valence-corrected chi connectivity index (χ3v) is 2.63. The molecule has 0 atom stereocenters. The quantitative estimate of drug-likeness (QED) is 0.691. The normalized spacial score (nSPS) is 20.2. The zero-order chi connectivity index (χ0) is 9.19. The molecule has 1 aliphatic rings. The molecule has 0 spiro atoms. The molecule has 0 saturated carbocycles. The van der Waals surface area contributed by atoms with E-state index in [2.05, 4.69) is 12.2 Å². The number of nitrogens with one attached hydrogen (secondary N) is 1. The molecule has 1 amide bonds. The highest BCUT2D eigenvalue weighted by molar-refractivity contribution is 5.85. The number of hydrogen-bond donors (Lipinski definition) is 1. The lowest BCUT2D eigenvalue weighted by atomic mass is 9.80. The predicted molar refractivity (Wildman–Crippen MR) is 56.2 cm³/mol. The minimum absolute atomic E-state index is 0. The minimum Gasteiger partial charge on any atom is -0.348 e. The van der Waals surface area contributed by atoms with Crippen LogP contribution < -0.4 is 5.32 Å². The molecule has 0 unspecified atom stereocenters. The Kier molecular flexibility index (Phi) is 4.71. The lowest BCUT2D eigenvalue weighted by Crippen LogP contribution is -2.45. The van der Waals surface area contributed by atoms with Gasteiger partial charge in [-0.2, -0.15) is 0 Å². The molecule has 1 heterocycles. The lowest BCUT2D eigenvalue weighted by molar-refractivity contribution is -0.140. The Hall–Kier alpha value is -0.280. The van der Waals surface area contributed by atoms with E-state index in [1.807, 2.05) is 14.1 Å². The van der Waals surface area contributed by atoms with Crippen molar-refractivity contribution in [2.75, 3.05) is 27.2 Å². The van der Waals surface area contributed by atoms with E-state index in [1.165, 1.54) is 0 Å². The number of amides is 1. The van der Waals surface area contributed by atoms with Gasteiger partial charge in [0.25, 0.3) is 0 Å².